The molecule has 0 saturated heterocycles. The fourth-order valence-electron chi connectivity index (χ4n) is 1.52. The van der Waals surface area contributed by atoms with Crippen LogP contribution in [-0.2, 0) is 4.74 Å². The molecule has 1 heterocycles. The Kier molecular flexibility index (Phi) is 5.40. The zero-order valence-electron chi connectivity index (χ0n) is 10.2. The van der Waals surface area contributed by atoms with Gasteiger partial charge < -0.3 is 14.7 Å². The summed E-state index contributed by atoms with van der Waals surface area (Å²) in [5, 5.41) is 18.1. The third kappa shape index (κ3) is 3.70. The molecule has 1 aromatic rings. The standard InChI is InChI=1S/C12H17N3O2/c1-10-3-4-11(9-13)12(14-10)15(5-7-16)6-8-17-2/h3-4,16H,5-8H2,1-2H3. The molecular weight excluding hydrogens is 218 g/mol. The van der Waals surface area contributed by atoms with Crippen LogP contribution in [-0.4, -0.2) is 43.5 Å². The topological polar surface area (TPSA) is 69.4 Å². The fraction of sp³-hybridized carbons (Fsp3) is 0.500. The molecule has 1 rings (SSSR count). The first kappa shape index (κ1) is 13.4. The number of aromatic nitrogens is 1. The third-order valence-corrected chi connectivity index (χ3v) is 2.37. The molecule has 0 amide bonds. The lowest BCUT2D eigenvalue weighted by Gasteiger charge is -2.23. The van der Waals surface area contributed by atoms with Gasteiger partial charge in [0.25, 0.3) is 0 Å². The maximum atomic E-state index is 9.04. The van der Waals surface area contributed by atoms with Crippen molar-refractivity contribution in [3.8, 4) is 6.07 Å². The quantitative estimate of drug-likeness (QED) is 0.786. The van der Waals surface area contributed by atoms with Gasteiger partial charge in [0.15, 0.2) is 0 Å². The number of ether oxygens (including phenoxy) is 1. The monoisotopic (exact) mass is 235 g/mol. The van der Waals surface area contributed by atoms with E-state index in [2.05, 4.69) is 11.1 Å². The summed E-state index contributed by atoms with van der Waals surface area (Å²) in [6.07, 6.45) is 0. The summed E-state index contributed by atoms with van der Waals surface area (Å²) in [6, 6.07) is 5.66. The van der Waals surface area contributed by atoms with Crippen molar-refractivity contribution in [1.82, 2.24) is 4.98 Å². The van der Waals surface area contributed by atoms with Gasteiger partial charge in [0, 0.05) is 25.9 Å². The highest BCUT2D eigenvalue weighted by Gasteiger charge is 2.12. The van der Waals surface area contributed by atoms with E-state index in [1.165, 1.54) is 0 Å². The summed E-state index contributed by atoms with van der Waals surface area (Å²) < 4.78 is 5.01. The molecule has 1 aromatic heterocycles. The highest BCUT2D eigenvalue weighted by atomic mass is 16.5. The van der Waals surface area contributed by atoms with E-state index in [4.69, 9.17) is 15.1 Å². The van der Waals surface area contributed by atoms with Crippen molar-refractivity contribution < 1.29 is 9.84 Å². The lowest BCUT2D eigenvalue weighted by Crippen LogP contribution is -2.31. The van der Waals surface area contributed by atoms with Crippen LogP contribution in [0.1, 0.15) is 11.3 Å². The molecule has 0 radical (unpaired) electrons. The highest BCUT2D eigenvalue weighted by Crippen LogP contribution is 2.17. The Morgan fingerprint density at radius 3 is 2.82 bits per heavy atom. The van der Waals surface area contributed by atoms with E-state index in [0.29, 0.717) is 31.1 Å². The second kappa shape index (κ2) is 6.84. The number of hydrogen-bond acceptors (Lipinski definition) is 5. The van der Waals surface area contributed by atoms with E-state index in [-0.39, 0.29) is 6.61 Å². The van der Waals surface area contributed by atoms with Crippen LogP contribution in [0.3, 0.4) is 0 Å². The van der Waals surface area contributed by atoms with E-state index in [1.807, 2.05) is 11.8 Å². The van der Waals surface area contributed by atoms with Gasteiger partial charge in [-0.25, -0.2) is 4.98 Å². The van der Waals surface area contributed by atoms with Crippen molar-refractivity contribution in [3.05, 3.63) is 23.4 Å². The second-order valence-electron chi connectivity index (χ2n) is 3.64. The predicted octanol–water partition coefficient (Wildman–Crippen LogP) is 0.707. The molecule has 0 unspecified atom stereocenters. The van der Waals surface area contributed by atoms with Crippen LogP contribution in [0.15, 0.2) is 12.1 Å². The van der Waals surface area contributed by atoms with Gasteiger partial charge in [0.2, 0.25) is 0 Å². The van der Waals surface area contributed by atoms with Crippen molar-refractivity contribution in [2.75, 3.05) is 38.3 Å². The summed E-state index contributed by atoms with van der Waals surface area (Å²) in [4.78, 5) is 6.21. The average Bonchev–Trinajstić information content (AvgIpc) is 2.34. The number of nitriles is 1. The number of nitrogens with zero attached hydrogens (tertiary/aromatic N) is 3. The molecule has 0 bridgehead atoms. The average molecular weight is 235 g/mol. The van der Waals surface area contributed by atoms with Crippen LogP contribution in [0.25, 0.3) is 0 Å². The van der Waals surface area contributed by atoms with E-state index in [0.717, 1.165) is 5.69 Å². The Hall–Kier alpha value is -1.64. The second-order valence-corrected chi connectivity index (χ2v) is 3.64. The Morgan fingerprint density at radius 2 is 2.24 bits per heavy atom. The van der Waals surface area contributed by atoms with Gasteiger partial charge in [-0.1, -0.05) is 0 Å². The van der Waals surface area contributed by atoms with E-state index in [1.54, 1.807) is 19.2 Å². The summed E-state index contributed by atoms with van der Waals surface area (Å²) in [5.74, 6) is 0.610. The zero-order valence-corrected chi connectivity index (χ0v) is 10.2. The lowest BCUT2D eigenvalue weighted by atomic mass is 10.2. The number of aliphatic hydroxyl groups excluding tert-OH is 1. The van der Waals surface area contributed by atoms with Gasteiger partial charge >= 0.3 is 0 Å². The van der Waals surface area contributed by atoms with Crippen molar-refractivity contribution in [3.63, 3.8) is 0 Å². The number of aliphatic hydroxyl groups is 1. The number of anilines is 1. The molecule has 0 aliphatic heterocycles. The number of aryl methyl sites for hydroxylation is 1. The molecule has 0 atom stereocenters. The number of hydrogen-bond donors (Lipinski definition) is 1. The largest absolute Gasteiger partial charge is 0.395 e. The third-order valence-electron chi connectivity index (χ3n) is 2.37. The van der Waals surface area contributed by atoms with Crippen LogP contribution in [0.4, 0.5) is 5.82 Å². The van der Waals surface area contributed by atoms with Crippen LogP contribution in [0.5, 0.6) is 0 Å². The predicted molar refractivity (Wildman–Crippen MR) is 64.9 cm³/mol. The number of methoxy groups -OCH3 is 1. The van der Waals surface area contributed by atoms with E-state index >= 15 is 0 Å². The normalized spacial score (nSPS) is 10.0. The lowest BCUT2D eigenvalue weighted by molar-refractivity contribution is 0.202. The van der Waals surface area contributed by atoms with Gasteiger partial charge in [-0.2, -0.15) is 5.26 Å². The first-order valence-corrected chi connectivity index (χ1v) is 5.45. The number of rotatable bonds is 6. The molecule has 92 valence electrons. The fourth-order valence-corrected chi connectivity index (χ4v) is 1.52. The van der Waals surface area contributed by atoms with E-state index in [9.17, 15) is 0 Å². The van der Waals surface area contributed by atoms with Gasteiger partial charge in [-0.05, 0) is 19.1 Å². The van der Waals surface area contributed by atoms with Crippen molar-refractivity contribution >= 4 is 5.82 Å². The van der Waals surface area contributed by atoms with E-state index < -0.39 is 0 Å². The van der Waals surface area contributed by atoms with Crippen LogP contribution in [0.2, 0.25) is 0 Å². The molecule has 5 heteroatoms. The van der Waals surface area contributed by atoms with Crippen molar-refractivity contribution in [2.45, 2.75) is 6.92 Å². The molecule has 0 aromatic carbocycles. The molecule has 17 heavy (non-hydrogen) atoms. The zero-order chi connectivity index (χ0) is 12.7. The molecule has 1 N–H and O–H groups in total. The molecule has 0 aliphatic carbocycles. The minimum atomic E-state index is 0.0181. The Morgan fingerprint density at radius 1 is 1.47 bits per heavy atom. The first-order chi connectivity index (χ1) is 8.22. The van der Waals surface area contributed by atoms with Gasteiger partial charge in [0.05, 0.1) is 18.8 Å². The Bertz CT molecular complexity index is 401. The number of pyridine rings is 1. The van der Waals surface area contributed by atoms with Crippen molar-refractivity contribution in [2.24, 2.45) is 0 Å². The molecule has 0 spiro atoms. The maximum Gasteiger partial charge on any atom is 0.146 e. The van der Waals surface area contributed by atoms with Crippen LogP contribution in [0, 0.1) is 18.3 Å². The summed E-state index contributed by atoms with van der Waals surface area (Å²) in [7, 11) is 1.62. The smallest absolute Gasteiger partial charge is 0.146 e. The summed E-state index contributed by atoms with van der Waals surface area (Å²) in [6.45, 7) is 3.46. The van der Waals surface area contributed by atoms with Gasteiger partial charge in [-0.3, -0.25) is 0 Å². The maximum absolute atomic E-state index is 9.04. The molecular formula is C12H17N3O2. The van der Waals surface area contributed by atoms with Gasteiger partial charge in [0.1, 0.15) is 11.9 Å². The van der Waals surface area contributed by atoms with Crippen LogP contribution < -0.4 is 4.90 Å². The molecule has 5 nitrogen and oxygen atoms in total. The minimum absolute atomic E-state index is 0.0181. The summed E-state index contributed by atoms with van der Waals surface area (Å²) >= 11 is 0. The molecule has 0 fully saturated rings. The van der Waals surface area contributed by atoms with Crippen molar-refractivity contribution in [1.29, 1.82) is 5.26 Å². The van der Waals surface area contributed by atoms with Crippen LogP contribution >= 0.6 is 0 Å². The Labute approximate surface area is 101 Å². The molecule has 0 aliphatic rings. The first-order valence-electron chi connectivity index (χ1n) is 5.45. The minimum Gasteiger partial charge on any atom is -0.395 e. The van der Waals surface area contributed by atoms with Gasteiger partial charge in [-0.15, -0.1) is 0 Å². The Balaban J connectivity index is 2.99. The summed E-state index contributed by atoms with van der Waals surface area (Å²) in [5.41, 5.74) is 1.36. The molecule has 0 saturated carbocycles. The SMILES string of the molecule is COCCN(CCO)c1nc(C)ccc1C#N. The highest BCUT2D eigenvalue weighted by molar-refractivity contribution is 5.54.